The van der Waals surface area contributed by atoms with E-state index in [2.05, 4.69) is 17.4 Å². The van der Waals surface area contributed by atoms with Gasteiger partial charge in [-0.3, -0.25) is 0 Å². The molecule has 0 unspecified atom stereocenters. The summed E-state index contributed by atoms with van der Waals surface area (Å²) in [6.45, 7) is 5.10. The fourth-order valence-corrected chi connectivity index (χ4v) is 2.62. The molecule has 0 saturated carbocycles. The van der Waals surface area contributed by atoms with Crippen LogP contribution in [0.2, 0.25) is 0 Å². The maximum atomic E-state index is 12.9. The van der Waals surface area contributed by atoms with E-state index in [4.69, 9.17) is 4.74 Å². The summed E-state index contributed by atoms with van der Waals surface area (Å²) in [5.74, 6) is 0.614. The number of aliphatic hydroxyl groups is 1. The van der Waals surface area contributed by atoms with Crippen LogP contribution in [-0.2, 0) is 6.54 Å². The first-order valence-corrected chi connectivity index (χ1v) is 7.29. The molecule has 0 heterocycles. The van der Waals surface area contributed by atoms with Gasteiger partial charge in [-0.05, 0) is 48.2 Å². The van der Waals surface area contributed by atoms with Crippen molar-refractivity contribution >= 4 is 0 Å². The average Bonchev–Trinajstić information content (AvgIpc) is 2.47. The number of ether oxygens (including phenoxy) is 1. The minimum absolute atomic E-state index is 0.298. The van der Waals surface area contributed by atoms with Crippen LogP contribution in [0.5, 0.6) is 5.75 Å². The van der Waals surface area contributed by atoms with E-state index >= 15 is 0 Å². The first-order chi connectivity index (χ1) is 10.5. The number of aliphatic hydroxyl groups excluding tert-OH is 1. The summed E-state index contributed by atoms with van der Waals surface area (Å²) in [4.78, 5) is 0. The zero-order valence-corrected chi connectivity index (χ0v) is 13.2. The molecule has 0 aliphatic rings. The second-order valence-corrected chi connectivity index (χ2v) is 5.46. The third-order valence-corrected chi connectivity index (χ3v) is 3.65. The van der Waals surface area contributed by atoms with Gasteiger partial charge < -0.3 is 15.2 Å². The lowest BCUT2D eigenvalue weighted by molar-refractivity contribution is 0.174. The van der Waals surface area contributed by atoms with Gasteiger partial charge in [-0.1, -0.05) is 24.3 Å². The number of hydrogen-bond acceptors (Lipinski definition) is 3. The van der Waals surface area contributed by atoms with Gasteiger partial charge in [0.2, 0.25) is 0 Å². The summed E-state index contributed by atoms with van der Waals surface area (Å²) in [6.07, 6.45) is -0.652. The molecule has 2 aromatic rings. The minimum atomic E-state index is -0.652. The Morgan fingerprint density at radius 2 is 1.73 bits per heavy atom. The Morgan fingerprint density at radius 1 is 1.14 bits per heavy atom. The Hall–Kier alpha value is -1.91. The lowest BCUT2D eigenvalue weighted by Crippen LogP contribution is -2.21. The molecule has 2 rings (SSSR count). The summed E-state index contributed by atoms with van der Waals surface area (Å²) >= 11 is 0. The Bertz CT molecular complexity index is 602. The van der Waals surface area contributed by atoms with Gasteiger partial charge in [0.25, 0.3) is 0 Å². The highest BCUT2D eigenvalue weighted by atomic mass is 19.1. The molecule has 0 spiro atoms. The molecular weight excluding hydrogens is 281 g/mol. The van der Waals surface area contributed by atoms with Crippen LogP contribution in [0.3, 0.4) is 0 Å². The maximum Gasteiger partial charge on any atom is 0.124 e. The molecule has 0 aromatic heterocycles. The van der Waals surface area contributed by atoms with E-state index in [1.54, 1.807) is 19.2 Å². The van der Waals surface area contributed by atoms with Crippen LogP contribution < -0.4 is 10.1 Å². The van der Waals surface area contributed by atoms with Crippen LogP contribution in [0, 0.1) is 19.7 Å². The predicted octanol–water partition coefficient (Wildman–Crippen LogP) is 3.27. The molecule has 3 nitrogen and oxygen atoms in total. The normalized spacial score (nSPS) is 12.2. The van der Waals surface area contributed by atoms with Crippen LogP contribution >= 0.6 is 0 Å². The smallest absolute Gasteiger partial charge is 0.124 e. The highest BCUT2D eigenvalue weighted by Gasteiger charge is 2.08. The van der Waals surface area contributed by atoms with E-state index in [1.165, 1.54) is 12.1 Å². The summed E-state index contributed by atoms with van der Waals surface area (Å²) in [5.41, 5.74) is 4.04. The van der Waals surface area contributed by atoms with Gasteiger partial charge in [0.05, 0.1) is 13.2 Å². The van der Waals surface area contributed by atoms with Crippen LogP contribution in [0.25, 0.3) is 0 Å². The van der Waals surface area contributed by atoms with Gasteiger partial charge in [0.15, 0.2) is 0 Å². The van der Waals surface area contributed by atoms with Crippen molar-refractivity contribution in [3.8, 4) is 5.75 Å². The second-order valence-electron chi connectivity index (χ2n) is 5.46. The number of hydrogen-bond donors (Lipinski definition) is 2. The predicted molar refractivity (Wildman–Crippen MR) is 85.5 cm³/mol. The number of nitrogens with one attached hydrogen (secondary N) is 1. The summed E-state index contributed by atoms with van der Waals surface area (Å²) in [6, 6.07) is 10.1. The fourth-order valence-electron chi connectivity index (χ4n) is 2.62. The molecular formula is C18H22FNO2. The number of methoxy groups -OCH3 is 1. The minimum Gasteiger partial charge on any atom is -0.496 e. The topological polar surface area (TPSA) is 41.5 Å². The monoisotopic (exact) mass is 303 g/mol. The number of aryl methyl sites for hydroxylation is 2. The Balaban J connectivity index is 1.92. The third kappa shape index (κ3) is 4.06. The summed E-state index contributed by atoms with van der Waals surface area (Å²) < 4.78 is 18.2. The van der Waals surface area contributed by atoms with Crippen molar-refractivity contribution in [3.05, 3.63) is 64.5 Å². The second kappa shape index (κ2) is 7.38. The molecule has 0 aliphatic carbocycles. The zero-order chi connectivity index (χ0) is 16.1. The number of rotatable bonds is 6. The van der Waals surface area contributed by atoms with E-state index < -0.39 is 6.10 Å². The van der Waals surface area contributed by atoms with Gasteiger partial charge in [0.1, 0.15) is 11.6 Å². The highest BCUT2D eigenvalue weighted by Crippen LogP contribution is 2.24. The molecule has 2 aromatic carbocycles. The molecule has 0 radical (unpaired) electrons. The Labute approximate surface area is 130 Å². The van der Waals surface area contributed by atoms with Gasteiger partial charge >= 0.3 is 0 Å². The van der Waals surface area contributed by atoms with Crippen molar-refractivity contribution < 1.29 is 14.2 Å². The number of halogens is 1. The van der Waals surface area contributed by atoms with E-state index in [9.17, 15) is 9.50 Å². The molecule has 0 bridgehead atoms. The molecule has 0 fully saturated rings. The molecule has 1 atom stereocenters. The van der Waals surface area contributed by atoms with Crippen molar-refractivity contribution in [1.82, 2.24) is 5.32 Å². The summed E-state index contributed by atoms with van der Waals surface area (Å²) in [5, 5.41) is 13.3. The van der Waals surface area contributed by atoms with E-state index in [0.29, 0.717) is 18.7 Å². The van der Waals surface area contributed by atoms with Crippen molar-refractivity contribution in [2.45, 2.75) is 26.5 Å². The Kier molecular flexibility index (Phi) is 5.52. The molecule has 0 amide bonds. The SMILES string of the molecule is COc1c(C)cc(CNC[C@@H](O)c2ccc(F)cc2)cc1C. The molecule has 2 N–H and O–H groups in total. The Morgan fingerprint density at radius 3 is 2.27 bits per heavy atom. The maximum absolute atomic E-state index is 12.9. The molecule has 0 aliphatic heterocycles. The average molecular weight is 303 g/mol. The lowest BCUT2D eigenvalue weighted by atomic mass is 10.1. The van der Waals surface area contributed by atoms with E-state index in [1.807, 2.05) is 13.8 Å². The molecule has 118 valence electrons. The van der Waals surface area contributed by atoms with Crippen LogP contribution in [0.15, 0.2) is 36.4 Å². The largest absolute Gasteiger partial charge is 0.496 e. The molecule has 22 heavy (non-hydrogen) atoms. The van der Waals surface area contributed by atoms with Crippen molar-refractivity contribution in [3.63, 3.8) is 0 Å². The standard InChI is InChI=1S/C18H22FNO2/c1-12-8-14(9-13(2)18(12)22-3)10-20-11-17(21)15-4-6-16(19)7-5-15/h4-9,17,20-21H,10-11H2,1-3H3/t17-/m1/s1. The first-order valence-electron chi connectivity index (χ1n) is 7.29. The number of benzene rings is 2. The summed E-state index contributed by atoms with van der Waals surface area (Å²) in [7, 11) is 1.67. The van der Waals surface area contributed by atoms with Gasteiger partial charge in [0, 0.05) is 13.1 Å². The van der Waals surface area contributed by atoms with Crippen molar-refractivity contribution in [1.29, 1.82) is 0 Å². The van der Waals surface area contributed by atoms with Crippen molar-refractivity contribution in [2.24, 2.45) is 0 Å². The fraction of sp³-hybridized carbons (Fsp3) is 0.333. The first kappa shape index (κ1) is 16.5. The van der Waals surface area contributed by atoms with E-state index in [0.717, 1.165) is 22.4 Å². The van der Waals surface area contributed by atoms with Crippen LogP contribution in [0.4, 0.5) is 4.39 Å². The van der Waals surface area contributed by atoms with Crippen LogP contribution in [0.1, 0.15) is 28.4 Å². The van der Waals surface area contributed by atoms with Gasteiger partial charge in [-0.2, -0.15) is 0 Å². The van der Waals surface area contributed by atoms with Crippen molar-refractivity contribution in [2.75, 3.05) is 13.7 Å². The third-order valence-electron chi connectivity index (χ3n) is 3.65. The van der Waals surface area contributed by atoms with Gasteiger partial charge in [-0.25, -0.2) is 4.39 Å². The lowest BCUT2D eigenvalue weighted by Gasteiger charge is -2.14. The molecule has 0 saturated heterocycles. The van der Waals surface area contributed by atoms with Crippen LogP contribution in [-0.4, -0.2) is 18.8 Å². The molecule has 4 heteroatoms. The van der Waals surface area contributed by atoms with Gasteiger partial charge in [-0.15, -0.1) is 0 Å². The highest BCUT2D eigenvalue weighted by molar-refractivity contribution is 5.43. The van der Waals surface area contributed by atoms with E-state index in [-0.39, 0.29) is 5.82 Å². The quantitative estimate of drug-likeness (QED) is 0.860. The zero-order valence-electron chi connectivity index (χ0n) is 13.2.